The fourth-order valence-electron chi connectivity index (χ4n) is 3.06. The summed E-state index contributed by atoms with van der Waals surface area (Å²) in [4.78, 5) is 12.6. The number of anilines is 1. The quantitative estimate of drug-likeness (QED) is 0.588. The Morgan fingerprint density at radius 2 is 1.72 bits per heavy atom. The van der Waals surface area contributed by atoms with Gasteiger partial charge in [-0.05, 0) is 36.6 Å². The lowest BCUT2D eigenvalue weighted by Crippen LogP contribution is -2.42. The van der Waals surface area contributed by atoms with Gasteiger partial charge >= 0.3 is 0 Å². The number of nitrogens with zero attached hydrogens (tertiary/aromatic N) is 1. The first kappa shape index (κ1) is 22.9. The van der Waals surface area contributed by atoms with Crippen molar-refractivity contribution in [2.45, 2.75) is 44.4 Å². The van der Waals surface area contributed by atoms with Gasteiger partial charge in [-0.15, -0.1) is 0 Å². The number of rotatable bonds is 11. The third-order valence-electron chi connectivity index (χ3n) is 4.87. The van der Waals surface area contributed by atoms with Gasteiger partial charge in [0.25, 0.3) is 10.0 Å². The number of sulfonamides is 1. The maximum atomic E-state index is 14.4. The van der Waals surface area contributed by atoms with Crippen LogP contribution in [0, 0.1) is 11.7 Å². The van der Waals surface area contributed by atoms with Crippen molar-refractivity contribution in [3.8, 4) is 0 Å². The minimum Gasteiger partial charge on any atom is -0.354 e. The minimum absolute atomic E-state index is 0.00503. The standard InChI is InChI=1S/C22H29FN2O3S/c1-3-5-11-18(4-2)16-24-22(26)17-25(21-15-10-9-14-20(21)23)29(27,28)19-12-7-6-8-13-19/h6-10,12-15,18H,3-5,11,16-17H2,1-2H3,(H,24,26)/t18-/m1/s1. The third kappa shape index (κ3) is 6.29. The van der Waals surface area contributed by atoms with Gasteiger partial charge in [-0.1, -0.05) is 63.4 Å². The first-order valence-corrected chi connectivity index (χ1v) is 11.4. The smallest absolute Gasteiger partial charge is 0.264 e. The van der Waals surface area contributed by atoms with Gasteiger partial charge in [0.1, 0.15) is 12.4 Å². The lowest BCUT2D eigenvalue weighted by atomic mass is 9.99. The summed E-state index contributed by atoms with van der Waals surface area (Å²) >= 11 is 0. The van der Waals surface area contributed by atoms with Crippen molar-refractivity contribution in [3.05, 3.63) is 60.4 Å². The summed E-state index contributed by atoms with van der Waals surface area (Å²) in [6.45, 7) is 4.18. The summed E-state index contributed by atoms with van der Waals surface area (Å²) in [6, 6.07) is 13.3. The number of hydrogen-bond acceptors (Lipinski definition) is 3. The number of hydrogen-bond donors (Lipinski definition) is 1. The van der Waals surface area contributed by atoms with Gasteiger partial charge in [0, 0.05) is 6.54 Å². The predicted molar refractivity (Wildman–Crippen MR) is 114 cm³/mol. The van der Waals surface area contributed by atoms with Crippen LogP contribution in [-0.2, 0) is 14.8 Å². The fraction of sp³-hybridized carbons (Fsp3) is 0.409. The van der Waals surface area contributed by atoms with Gasteiger partial charge in [-0.25, -0.2) is 12.8 Å². The Balaban J connectivity index is 2.23. The average molecular weight is 421 g/mol. The zero-order valence-electron chi connectivity index (χ0n) is 17.0. The Morgan fingerprint density at radius 3 is 2.34 bits per heavy atom. The van der Waals surface area contributed by atoms with E-state index in [1.165, 1.54) is 30.3 Å². The largest absolute Gasteiger partial charge is 0.354 e. The maximum Gasteiger partial charge on any atom is 0.264 e. The van der Waals surface area contributed by atoms with Crippen molar-refractivity contribution in [2.24, 2.45) is 5.92 Å². The molecule has 1 N–H and O–H groups in total. The summed E-state index contributed by atoms with van der Waals surface area (Å²) in [5.74, 6) is -0.816. The predicted octanol–water partition coefficient (Wildman–Crippen LogP) is 4.35. The van der Waals surface area contributed by atoms with Crippen LogP contribution in [0.1, 0.15) is 39.5 Å². The first-order valence-electron chi connectivity index (χ1n) is 9.99. The summed E-state index contributed by atoms with van der Waals surface area (Å²) in [7, 11) is -4.10. The van der Waals surface area contributed by atoms with E-state index in [1.54, 1.807) is 24.3 Å². The molecular formula is C22H29FN2O3S. The molecule has 0 spiro atoms. The molecule has 0 aliphatic heterocycles. The molecule has 0 heterocycles. The Morgan fingerprint density at radius 1 is 1.07 bits per heavy atom. The Labute approximate surface area is 173 Å². The molecule has 2 rings (SSSR count). The molecule has 1 amide bonds. The van der Waals surface area contributed by atoms with Gasteiger partial charge in [-0.2, -0.15) is 0 Å². The van der Waals surface area contributed by atoms with Crippen molar-refractivity contribution in [1.29, 1.82) is 0 Å². The molecule has 158 valence electrons. The number of benzene rings is 2. The highest BCUT2D eigenvalue weighted by Gasteiger charge is 2.29. The van der Waals surface area contributed by atoms with E-state index in [1.807, 2.05) is 0 Å². The SMILES string of the molecule is CCCC[C@@H](CC)CNC(=O)CN(c1ccccc1F)S(=O)(=O)c1ccccc1. The lowest BCUT2D eigenvalue weighted by Gasteiger charge is -2.25. The number of carbonyl (C=O) groups excluding carboxylic acids is 1. The number of para-hydroxylation sites is 1. The van der Waals surface area contributed by atoms with E-state index >= 15 is 0 Å². The molecule has 1 atom stereocenters. The van der Waals surface area contributed by atoms with Crippen molar-refractivity contribution in [3.63, 3.8) is 0 Å². The number of halogens is 1. The van der Waals surface area contributed by atoms with E-state index in [9.17, 15) is 17.6 Å². The van der Waals surface area contributed by atoms with Crippen LogP contribution in [0.3, 0.4) is 0 Å². The molecule has 0 bridgehead atoms. The van der Waals surface area contributed by atoms with Crippen molar-refractivity contribution < 1.29 is 17.6 Å². The third-order valence-corrected chi connectivity index (χ3v) is 6.64. The van der Waals surface area contributed by atoms with Gasteiger partial charge < -0.3 is 5.32 Å². The molecule has 2 aromatic carbocycles. The summed E-state index contributed by atoms with van der Waals surface area (Å²) in [5, 5.41) is 2.82. The highest BCUT2D eigenvalue weighted by molar-refractivity contribution is 7.92. The number of carbonyl (C=O) groups is 1. The van der Waals surface area contributed by atoms with Gasteiger partial charge in [0.2, 0.25) is 5.91 Å². The van der Waals surface area contributed by atoms with Gasteiger partial charge in [0.15, 0.2) is 0 Å². The molecule has 0 saturated heterocycles. The molecule has 0 aliphatic rings. The second kappa shape index (κ2) is 11.0. The average Bonchev–Trinajstić information content (AvgIpc) is 2.73. The highest BCUT2D eigenvalue weighted by atomic mass is 32.2. The molecule has 0 fully saturated rings. The van der Waals surface area contributed by atoms with E-state index in [-0.39, 0.29) is 10.6 Å². The molecule has 7 heteroatoms. The molecule has 2 aromatic rings. The van der Waals surface area contributed by atoms with Crippen molar-refractivity contribution in [1.82, 2.24) is 5.32 Å². The van der Waals surface area contributed by atoms with Crippen LogP contribution >= 0.6 is 0 Å². The Bertz CT molecular complexity index is 888. The summed E-state index contributed by atoms with van der Waals surface area (Å²) in [5.41, 5.74) is -0.149. The van der Waals surface area contributed by atoms with E-state index in [2.05, 4.69) is 19.2 Å². The molecule has 0 saturated carbocycles. The number of nitrogens with one attached hydrogen (secondary N) is 1. The lowest BCUT2D eigenvalue weighted by molar-refractivity contribution is -0.119. The van der Waals surface area contributed by atoms with Crippen LogP contribution in [0.4, 0.5) is 10.1 Å². The molecule has 0 radical (unpaired) electrons. The normalized spacial score (nSPS) is 12.4. The van der Waals surface area contributed by atoms with Crippen LogP contribution < -0.4 is 9.62 Å². The topological polar surface area (TPSA) is 66.5 Å². The second-order valence-electron chi connectivity index (χ2n) is 7.00. The van der Waals surface area contributed by atoms with Crippen molar-refractivity contribution >= 4 is 21.6 Å². The van der Waals surface area contributed by atoms with Crippen LogP contribution in [-0.4, -0.2) is 27.4 Å². The zero-order chi connectivity index (χ0) is 21.3. The first-order chi connectivity index (χ1) is 13.9. The van der Waals surface area contributed by atoms with Crippen LogP contribution in [0.15, 0.2) is 59.5 Å². The molecular weight excluding hydrogens is 391 g/mol. The van der Waals surface area contributed by atoms with Crippen LogP contribution in [0.2, 0.25) is 0 Å². The minimum atomic E-state index is -4.10. The van der Waals surface area contributed by atoms with E-state index in [0.29, 0.717) is 12.5 Å². The van der Waals surface area contributed by atoms with Crippen LogP contribution in [0.25, 0.3) is 0 Å². The Kier molecular flexibility index (Phi) is 8.64. The Hall–Kier alpha value is -2.41. The highest BCUT2D eigenvalue weighted by Crippen LogP contribution is 2.26. The number of amides is 1. The van der Waals surface area contributed by atoms with E-state index < -0.39 is 28.3 Å². The second-order valence-corrected chi connectivity index (χ2v) is 8.86. The van der Waals surface area contributed by atoms with Gasteiger partial charge in [-0.3, -0.25) is 9.10 Å². The van der Waals surface area contributed by atoms with E-state index in [0.717, 1.165) is 30.0 Å². The number of unbranched alkanes of at least 4 members (excludes halogenated alkanes) is 1. The summed E-state index contributed by atoms with van der Waals surface area (Å²) < 4.78 is 41.5. The molecule has 0 aromatic heterocycles. The van der Waals surface area contributed by atoms with E-state index in [4.69, 9.17) is 0 Å². The summed E-state index contributed by atoms with van der Waals surface area (Å²) in [6.07, 6.45) is 4.10. The fourth-order valence-corrected chi connectivity index (χ4v) is 4.51. The van der Waals surface area contributed by atoms with Crippen molar-refractivity contribution in [2.75, 3.05) is 17.4 Å². The van der Waals surface area contributed by atoms with Gasteiger partial charge in [0.05, 0.1) is 10.6 Å². The van der Waals surface area contributed by atoms with Crippen LogP contribution in [0.5, 0.6) is 0 Å². The molecule has 0 aliphatic carbocycles. The maximum absolute atomic E-state index is 14.4. The molecule has 5 nitrogen and oxygen atoms in total. The monoisotopic (exact) mass is 420 g/mol. The molecule has 29 heavy (non-hydrogen) atoms. The molecule has 0 unspecified atom stereocenters. The zero-order valence-corrected chi connectivity index (χ0v) is 17.8.